The summed E-state index contributed by atoms with van der Waals surface area (Å²) < 4.78 is 0. The maximum Gasteiger partial charge on any atom is 0.239 e. The average Bonchev–Trinajstić information content (AvgIpc) is 2.27. The molecule has 0 radical (unpaired) electrons. The van der Waals surface area contributed by atoms with Gasteiger partial charge < -0.3 is 15.5 Å². The molecule has 2 fully saturated rings. The highest BCUT2D eigenvalue weighted by Gasteiger charge is 2.20. The first-order valence-corrected chi connectivity index (χ1v) is 7.01. The van der Waals surface area contributed by atoms with Crippen LogP contribution in [0.25, 0.3) is 0 Å². The molecular formula is C13H24ClN3O2. The third kappa shape index (κ3) is 5.37. The Labute approximate surface area is 120 Å². The molecule has 0 aromatic rings. The number of carbonyl (C=O) groups is 2. The smallest absolute Gasteiger partial charge is 0.239 e. The molecule has 0 aromatic carbocycles. The van der Waals surface area contributed by atoms with E-state index < -0.39 is 0 Å². The minimum atomic E-state index is -0.0178. The zero-order chi connectivity index (χ0) is 12.8. The van der Waals surface area contributed by atoms with Crippen LogP contribution in [0, 0.1) is 5.92 Å². The quantitative estimate of drug-likeness (QED) is 0.794. The van der Waals surface area contributed by atoms with Crippen molar-refractivity contribution in [2.75, 3.05) is 32.7 Å². The van der Waals surface area contributed by atoms with Gasteiger partial charge in [-0.3, -0.25) is 9.59 Å². The number of hydrogen-bond acceptors (Lipinski definition) is 3. The summed E-state index contributed by atoms with van der Waals surface area (Å²) in [6.07, 6.45) is 4.88. The predicted octanol–water partition coefficient (Wildman–Crippen LogP) is 0.536. The molecule has 0 unspecified atom stereocenters. The van der Waals surface area contributed by atoms with Gasteiger partial charge in [-0.05, 0) is 12.8 Å². The van der Waals surface area contributed by atoms with Crippen LogP contribution in [0.1, 0.15) is 32.1 Å². The van der Waals surface area contributed by atoms with Crippen LogP contribution in [-0.4, -0.2) is 49.4 Å². The lowest BCUT2D eigenvalue weighted by atomic mass is 10.0. The van der Waals surface area contributed by atoms with E-state index in [1.807, 2.05) is 0 Å². The lowest BCUT2D eigenvalue weighted by Gasteiger charge is -2.28. The molecule has 0 aliphatic carbocycles. The van der Waals surface area contributed by atoms with Crippen LogP contribution in [0.5, 0.6) is 0 Å². The molecule has 110 valence electrons. The number of nitrogens with zero attached hydrogens (tertiary/aromatic N) is 1. The molecule has 0 atom stereocenters. The minimum Gasteiger partial charge on any atom is -0.354 e. The fourth-order valence-corrected chi connectivity index (χ4v) is 2.36. The van der Waals surface area contributed by atoms with Gasteiger partial charge in [-0.2, -0.15) is 0 Å². The maximum atomic E-state index is 11.8. The van der Waals surface area contributed by atoms with Crippen molar-refractivity contribution in [1.82, 2.24) is 15.5 Å². The van der Waals surface area contributed by atoms with Gasteiger partial charge >= 0.3 is 0 Å². The van der Waals surface area contributed by atoms with Crippen molar-refractivity contribution < 1.29 is 9.59 Å². The molecular weight excluding hydrogens is 266 g/mol. The first-order valence-electron chi connectivity index (χ1n) is 7.01. The molecule has 0 saturated carbocycles. The number of hydrogen-bond donors (Lipinski definition) is 2. The average molecular weight is 290 g/mol. The summed E-state index contributed by atoms with van der Waals surface area (Å²) in [6, 6.07) is 0. The summed E-state index contributed by atoms with van der Waals surface area (Å²) in [5, 5.41) is 6.09. The molecule has 2 saturated heterocycles. The van der Waals surface area contributed by atoms with Gasteiger partial charge in [0.2, 0.25) is 11.8 Å². The Morgan fingerprint density at radius 2 is 2.00 bits per heavy atom. The normalized spacial score (nSPS) is 20.8. The van der Waals surface area contributed by atoms with Crippen LogP contribution in [0.3, 0.4) is 0 Å². The van der Waals surface area contributed by atoms with Crippen molar-refractivity contribution >= 4 is 24.2 Å². The SMILES string of the molecule is Cl.O=C(CN1CCCCCCC1=O)NCC1CNC1. The van der Waals surface area contributed by atoms with Gasteiger partial charge in [0, 0.05) is 38.5 Å². The molecule has 2 aliphatic rings. The van der Waals surface area contributed by atoms with Gasteiger partial charge in [-0.15, -0.1) is 12.4 Å². The number of likely N-dealkylation sites (tertiary alicyclic amines) is 1. The minimum absolute atomic E-state index is 0. The summed E-state index contributed by atoms with van der Waals surface area (Å²) in [4.78, 5) is 25.3. The van der Waals surface area contributed by atoms with Crippen molar-refractivity contribution in [3.05, 3.63) is 0 Å². The Hall–Kier alpha value is -0.810. The maximum absolute atomic E-state index is 11.8. The van der Waals surface area contributed by atoms with Crippen molar-refractivity contribution in [3.8, 4) is 0 Å². The predicted molar refractivity (Wildman–Crippen MR) is 76.3 cm³/mol. The largest absolute Gasteiger partial charge is 0.354 e. The van der Waals surface area contributed by atoms with Crippen LogP contribution >= 0.6 is 12.4 Å². The van der Waals surface area contributed by atoms with Crippen LogP contribution in [-0.2, 0) is 9.59 Å². The molecule has 5 nitrogen and oxygen atoms in total. The van der Waals surface area contributed by atoms with Gasteiger partial charge in [0.15, 0.2) is 0 Å². The van der Waals surface area contributed by atoms with Gasteiger partial charge in [0.05, 0.1) is 6.54 Å². The van der Waals surface area contributed by atoms with E-state index in [1.165, 1.54) is 6.42 Å². The highest BCUT2D eigenvalue weighted by Crippen LogP contribution is 2.11. The van der Waals surface area contributed by atoms with E-state index in [-0.39, 0.29) is 30.8 Å². The van der Waals surface area contributed by atoms with E-state index in [9.17, 15) is 9.59 Å². The Kier molecular flexibility index (Phi) is 7.16. The van der Waals surface area contributed by atoms with E-state index >= 15 is 0 Å². The molecule has 19 heavy (non-hydrogen) atoms. The number of rotatable bonds is 4. The molecule has 2 rings (SSSR count). The lowest BCUT2D eigenvalue weighted by Crippen LogP contribution is -2.50. The van der Waals surface area contributed by atoms with Gasteiger partial charge in [-0.1, -0.05) is 12.8 Å². The summed E-state index contributed by atoms with van der Waals surface area (Å²) in [6.45, 7) is 3.68. The first kappa shape index (κ1) is 16.2. The second-order valence-electron chi connectivity index (χ2n) is 5.31. The van der Waals surface area contributed by atoms with E-state index in [4.69, 9.17) is 0 Å². The summed E-state index contributed by atoms with van der Waals surface area (Å²) in [7, 11) is 0. The first-order chi connectivity index (χ1) is 8.75. The second kappa shape index (κ2) is 8.38. The molecule has 2 N–H and O–H groups in total. The Morgan fingerprint density at radius 3 is 2.68 bits per heavy atom. The molecule has 0 aromatic heterocycles. The Bertz CT molecular complexity index is 308. The van der Waals surface area contributed by atoms with E-state index in [0.717, 1.165) is 45.4 Å². The van der Waals surface area contributed by atoms with Gasteiger partial charge in [0.25, 0.3) is 0 Å². The van der Waals surface area contributed by atoms with Crippen LogP contribution in [0.15, 0.2) is 0 Å². The summed E-state index contributed by atoms with van der Waals surface area (Å²) in [5.41, 5.74) is 0. The highest BCUT2D eigenvalue weighted by molar-refractivity contribution is 5.85. The molecule has 2 amide bonds. The fraction of sp³-hybridized carbons (Fsp3) is 0.846. The molecule has 2 heterocycles. The van der Waals surface area contributed by atoms with Crippen molar-refractivity contribution in [1.29, 1.82) is 0 Å². The number of carbonyl (C=O) groups excluding carboxylic acids is 2. The summed E-state index contributed by atoms with van der Waals surface area (Å²) >= 11 is 0. The van der Waals surface area contributed by atoms with Gasteiger partial charge in [0.1, 0.15) is 0 Å². The number of nitrogens with one attached hydrogen (secondary N) is 2. The molecule has 2 aliphatic heterocycles. The van der Waals surface area contributed by atoms with Crippen LogP contribution in [0.4, 0.5) is 0 Å². The molecule has 6 heteroatoms. The molecule has 0 bridgehead atoms. The molecule has 0 spiro atoms. The van der Waals surface area contributed by atoms with Crippen LogP contribution < -0.4 is 10.6 Å². The van der Waals surface area contributed by atoms with E-state index in [1.54, 1.807) is 4.90 Å². The fourth-order valence-electron chi connectivity index (χ4n) is 2.36. The Morgan fingerprint density at radius 1 is 1.26 bits per heavy atom. The van der Waals surface area contributed by atoms with Crippen molar-refractivity contribution in [2.24, 2.45) is 5.92 Å². The third-order valence-electron chi connectivity index (χ3n) is 3.71. The summed E-state index contributed by atoms with van der Waals surface area (Å²) in [5.74, 6) is 0.683. The zero-order valence-electron chi connectivity index (χ0n) is 11.3. The highest BCUT2D eigenvalue weighted by atomic mass is 35.5. The second-order valence-corrected chi connectivity index (χ2v) is 5.31. The topological polar surface area (TPSA) is 61.4 Å². The van der Waals surface area contributed by atoms with Crippen molar-refractivity contribution in [3.63, 3.8) is 0 Å². The van der Waals surface area contributed by atoms with Crippen LogP contribution in [0.2, 0.25) is 0 Å². The van der Waals surface area contributed by atoms with Crippen molar-refractivity contribution in [2.45, 2.75) is 32.1 Å². The lowest BCUT2D eigenvalue weighted by molar-refractivity contribution is -0.136. The zero-order valence-corrected chi connectivity index (χ0v) is 12.1. The van der Waals surface area contributed by atoms with E-state index in [0.29, 0.717) is 12.3 Å². The van der Waals surface area contributed by atoms with E-state index in [2.05, 4.69) is 10.6 Å². The standard InChI is InChI=1S/C13H23N3O2.ClH/c17-12(15-9-11-7-14-8-11)10-16-6-4-2-1-3-5-13(16)18;/h11,14H,1-10H2,(H,15,17);1H. The number of amides is 2. The Balaban J connectivity index is 0.00000180. The number of halogens is 1. The third-order valence-corrected chi connectivity index (χ3v) is 3.71. The van der Waals surface area contributed by atoms with Gasteiger partial charge in [-0.25, -0.2) is 0 Å². The monoisotopic (exact) mass is 289 g/mol.